The summed E-state index contributed by atoms with van der Waals surface area (Å²) >= 11 is -2.28. The highest BCUT2D eigenvalue weighted by atomic mass is 32.2. The fourth-order valence-corrected chi connectivity index (χ4v) is 2.05. The maximum Gasteiger partial charge on any atom is 0.264 e. The zero-order chi connectivity index (χ0) is 11.5. The fourth-order valence-electron chi connectivity index (χ4n) is 0.839. The Balaban J connectivity index is 3.34. The zero-order valence-electron chi connectivity index (χ0n) is 7.14. The maximum absolute atomic E-state index is 11.2. The average Bonchev–Trinajstić information content (AvgIpc) is 2.18. The smallest absolute Gasteiger partial charge is 0.264 e. The van der Waals surface area contributed by atoms with Gasteiger partial charge in [0.05, 0.1) is 9.79 Å². The summed E-state index contributed by atoms with van der Waals surface area (Å²) in [5.41, 5.74) is 8.01. The van der Waals surface area contributed by atoms with E-state index in [1.54, 1.807) is 0 Å². The van der Waals surface area contributed by atoms with E-state index in [0.29, 0.717) is 0 Å². The molecule has 7 nitrogen and oxygen atoms in total. The molecule has 0 heterocycles. The van der Waals surface area contributed by atoms with Crippen molar-refractivity contribution in [3.05, 3.63) is 34.7 Å². The van der Waals surface area contributed by atoms with Gasteiger partial charge in [0.25, 0.3) is 10.0 Å². The quantitative estimate of drug-likeness (QED) is 0.374. The molecule has 0 amide bonds. The predicted molar refractivity (Wildman–Crippen MR) is 51.8 cm³/mol. The molecule has 1 atom stereocenters. The molecule has 0 aliphatic carbocycles. The van der Waals surface area contributed by atoms with Gasteiger partial charge in [0, 0.05) is 9.43 Å². The molecule has 15 heavy (non-hydrogen) atoms. The van der Waals surface area contributed by atoms with Crippen LogP contribution < -0.4 is 0 Å². The number of benzene rings is 1. The van der Waals surface area contributed by atoms with Gasteiger partial charge in [0.1, 0.15) is 0 Å². The van der Waals surface area contributed by atoms with E-state index in [1.165, 1.54) is 18.2 Å². The minimum atomic E-state index is -4.10. The molecule has 1 N–H and O–H groups in total. The van der Waals surface area contributed by atoms with Gasteiger partial charge in [-0.15, -0.1) is 0 Å². The zero-order valence-corrected chi connectivity index (χ0v) is 8.77. The van der Waals surface area contributed by atoms with Gasteiger partial charge in [0.2, 0.25) is 0 Å². The third-order valence-electron chi connectivity index (χ3n) is 1.45. The summed E-state index contributed by atoms with van der Waals surface area (Å²) in [5, 5.41) is 0. The van der Waals surface area contributed by atoms with Crippen molar-refractivity contribution >= 4 is 21.1 Å². The van der Waals surface area contributed by atoms with E-state index in [9.17, 15) is 12.6 Å². The summed E-state index contributed by atoms with van der Waals surface area (Å²) in [4.78, 5) is 1.76. The molecule has 0 saturated heterocycles. The normalized spacial score (nSPS) is 12.9. The van der Waals surface area contributed by atoms with E-state index in [0.717, 1.165) is 6.07 Å². The van der Waals surface area contributed by atoms with E-state index < -0.39 is 21.1 Å². The molecule has 1 unspecified atom stereocenters. The van der Waals surface area contributed by atoms with Crippen LogP contribution in [-0.2, 0) is 21.1 Å². The Labute approximate surface area is 87.7 Å². The van der Waals surface area contributed by atoms with Crippen molar-refractivity contribution in [2.45, 2.75) is 9.79 Å². The van der Waals surface area contributed by atoms with Gasteiger partial charge >= 0.3 is 0 Å². The highest BCUT2D eigenvalue weighted by Crippen LogP contribution is 2.15. The van der Waals surface area contributed by atoms with Crippen LogP contribution >= 0.6 is 0 Å². The molecule has 0 aromatic heterocycles. The second-order valence-electron chi connectivity index (χ2n) is 2.37. The Bertz CT molecular complexity index is 547. The number of hydrogen-bond donors (Lipinski definition) is 1. The van der Waals surface area contributed by atoms with Crippen LogP contribution in [0.25, 0.3) is 10.4 Å². The summed E-state index contributed by atoms with van der Waals surface area (Å²) in [7, 11) is -4.10. The van der Waals surface area contributed by atoms with Gasteiger partial charge in [-0.3, -0.25) is 0 Å². The topological polar surface area (TPSA) is 120 Å². The van der Waals surface area contributed by atoms with Crippen molar-refractivity contribution in [3.8, 4) is 0 Å². The highest BCUT2D eigenvalue weighted by Gasteiger charge is 2.13. The molecule has 0 radical (unpaired) electrons. The molecule has 80 valence electrons. The van der Waals surface area contributed by atoms with Gasteiger partial charge in [-0.2, -0.15) is 0 Å². The van der Waals surface area contributed by atoms with Crippen molar-refractivity contribution in [3.63, 3.8) is 0 Å². The lowest BCUT2D eigenvalue weighted by Crippen LogP contribution is -1.97. The first-order chi connectivity index (χ1) is 6.97. The number of hydrogen-bond acceptors (Lipinski definition) is 3. The van der Waals surface area contributed by atoms with Crippen molar-refractivity contribution in [2.24, 2.45) is 4.52 Å². The lowest BCUT2D eigenvalue weighted by Gasteiger charge is -1.98. The Morgan fingerprint density at radius 1 is 1.47 bits per heavy atom. The van der Waals surface area contributed by atoms with E-state index >= 15 is 0 Å². The summed E-state index contributed by atoms with van der Waals surface area (Å²) < 4.78 is 44.4. The molecule has 1 aromatic rings. The molecule has 9 heteroatoms. The minimum Gasteiger partial charge on any atom is -0.302 e. The summed E-state index contributed by atoms with van der Waals surface area (Å²) in [5.74, 6) is 0. The van der Waals surface area contributed by atoms with Crippen LogP contribution in [0.2, 0.25) is 0 Å². The Morgan fingerprint density at radius 2 is 2.13 bits per heavy atom. The van der Waals surface area contributed by atoms with Crippen LogP contribution in [0.3, 0.4) is 0 Å². The van der Waals surface area contributed by atoms with Crippen LogP contribution in [0.5, 0.6) is 0 Å². The SMILES string of the molecule is [N-]=[N+]=NS(=O)(=O)c1cccc(S(=O)O)c1. The van der Waals surface area contributed by atoms with Gasteiger partial charge in [-0.05, 0) is 23.7 Å². The van der Waals surface area contributed by atoms with Crippen molar-refractivity contribution in [1.82, 2.24) is 0 Å². The number of nitrogens with zero attached hydrogens (tertiary/aromatic N) is 3. The molecule has 0 aliphatic heterocycles. The van der Waals surface area contributed by atoms with E-state index in [4.69, 9.17) is 10.1 Å². The van der Waals surface area contributed by atoms with Gasteiger partial charge in [-0.1, -0.05) is 6.07 Å². The third kappa shape index (κ3) is 2.77. The number of azide groups is 1. The summed E-state index contributed by atoms with van der Waals surface area (Å²) in [6, 6.07) is 4.70. The molecule has 1 aromatic carbocycles. The van der Waals surface area contributed by atoms with Crippen molar-refractivity contribution < 1.29 is 17.2 Å². The van der Waals surface area contributed by atoms with Crippen molar-refractivity contribution in [2.75, 3.05) is 0 Å². The van der Waals surface area contributed by atoms with Crippen molar-refractivity contribution in [1.29, 1.82) is 0 Å². The Hall–Kier alpha value is -1.41. The standard InChI is InChI=1S/C6H5N3O4S2/c7-8-9-15(12,13)6-3-1-2-5(4-6)14(10)11/h1-4H,(H,10,11). The van der Waals surface area contributed by atoms with E-state index in [1.807, 2.05) is 0 Å². The van der Waals surface area contributed by atoms with E-state index in [2.05, 4.69) is 9.43 Å². The summed E-state index contributed by atoms with van der Waals surface area (Å²) in [6.45, 7) is 0. The predicted octanol–water partition coefficient (Wildman–Crippen LogP) is 1.27. The van der Waals surface area contributed by atoms with Crippen LogP contribution in [-0.4, -0.2) is 17.2 Å². The highest BCUT2D eigenvalue weighted by molar-refractivity contribution is 7.90. The van der Waals surface area contributed by atoms with Gasteiger partial charge < -0.3 is 4.55 Å². The fraction of sp³-hybridized carbons (Fsp3) is 0. The lowest BCUT2D eigenvalue weighted by atomic mass is 10.4. The molecule has 0 fully saturated rings. The number of rotatable bonds is 3. The largest absolute Gasteiger partial charge is 0.302 e. The lowest BCUT2D eigenvalue weighted by molar-refractivity contribution is 0.564. The first-order valence-corrected chi connectivity index (χ1v) is 6.04. The second-order valence-corrected chi connectivity index (χ2v) is 4.92. The van der Waals surface area contributed by atoms with Gasteiger partial charge in [-0.25, -0.2) is 12.6 Å². The van der Waals surface area contributed by atoms with Crippen LogP contribution in [0.4, 0.5) is 0 Å². The minimum absolute atomic E-state index is 0.0794. The van der Waals surface area contributed by atoms with Crippen LogP contribution in [0.15, 0.2) is 38.6 Å². The first kappa shape index (κ1) is 11.7. The molecule has 0 aliphatic rings. The Morgan fingerprint density at radius 3 is 2.67 bits per heavy atom. The molecular formula is C6H5N3O4S2. The second kappa shape index (κ2) is 4.41. The third-order valence-corrected chi connectivity index (χ3v) is 3.24. The van der Waals surface area contributed by atoms with Gasteiger partial charge in [0.15, 0.2) is 11.1 Å². The van der Waals surface area contributed by atoms with Crippen LogP contribution in [0.1, 0.15) is 0 Å². The van der Waals surface area contributed by atoms with E-state index in [-0.39, 0.29) is 9.79 Å². The average molecular weight is 247 g/mol. The monoisotopic (exact) mass is 247 g/mol. The van der Waals surface area contributed by atoms with Crippen LogP contribution in [0, 0.1) is 0 Å². The number of sulfonamides is 1. The molecule has 0 saturated carbocycles. The molecule has 1 rings (SSSR count). The first-order valence-electron chi connectivity index (χ1n) is 3.49. The Kier molecular flexibility index (Phi) is 3.43. The molecule has 0 bridgehead atoms. The summed E-state index contributed by atoms with van der Waals surface area (Å²) in [6.07, 6.45) is 0. The molecule has 0 spiro atoms. The maximum atomic E-state index is 11.2. The molecular weight excluding hydrogens is 242 g/mol.